The van der Waals surface area contributed by atoms with E-state index < -0.39 is 4.83 Å². The highest BCUT2D eigenvalue weighted by Gasteiger charge is 2.17. The highest BCUT2D eigenvalue weighted by Crippen LogP contribution is 2.14. The molecule has 0 bridgehead atoms. The Kier molecular flexibility index (Phi) is 4.74. The lowest BCUT2D eigenvalue weighted by atomic mass is 10.1. The highest BCUT2D eigenvalue weighted by molar-refractivity contribution is 9.10. The van der Waals surface area contributed by atoms with Crippen LogP contribution in [-0.2, 0) is 17.8 Å². The number of halogens is 2. The molecule has 0 aliphatic rings. The fraction of sp³-hybridized carbons (Fsp3) is 0.214. The van der Waals surface area contributed by atoms with Crippen molar-refractivity contribution >= 4 is 21.8 Å². The van der Waals surface area contributed by atoms with Gasteiger partial charge in [0.1, 0.15) is 11.6 Å². The van der Waals surface area contributed by atoms with E-state index in [2.05, 4.69) is 21.2 Å². The average molecular weight is 326 g/mol. The van der Waals surface area contributed by atoms with Gasteiger partial charge in [0.05, 0.1) is 17.6 Å². The normalized spacial score (nSPS) is 12.1. The van der Waals surface area contributed by atoms with Crippen molar-refractivity contribution in [2.75, 3.05) is 0 Å². The van der Waals surface area contributed by atoms with Crippen molar-refractivity contribution in [3.63, 3.8) is 0 Å². The monoisotopic (exact) mass is 325 g/mol. The molecule has 1 amide bonds. The largest absolute Gasteiger partial charge is 0.467 e. The number of carbonyl (C=O) groups excluding carboxylic acids is 1. The van der Waals surface area contributed by atoms with Gasteiger partial charge in [-0.25, -0.2) is 4.39 Å². The second-order valence-electron chi connectivity index (χ2n) is 4.06. The van der Waals surface area contributed by atoms with Crippen LogP contribution in [0.2, 0.25) is 0 Å². The lowest BCUT2D eigenvalue weighted by molar-refractivity contribution is -0.120. The molecular formula is C14H13BrFNO2. The summed E-state index contributed by atoms with van der Waals surface area (Å²) in [7, 11) is 0. The molecule has 19 heavy (non-hydrogen) atoms. The van der Waals surface area contributed by atoms with Gasteiger partial charge < -0.3 is 9.73 Å². The maximum absolute atomic E-state index is 13.5. The van der Waals surface area contributed by atoms with Crippen LogP contribution in [0.5, 0.6) is 0 Å². The molecule has 1 aromatic carbocycles. The molecule has 100 valence electrons. The first kappa shape index (κ1) is 13.8. The molecular weight excluding hydrogens is 313 g/mol. The number of benzene rings is 1. The van der Waals surface area contributed by atoms with Crippen LogP contribution in [0, 0.1) is 5.82 Å². The first-order chi connectivity index (χ1) is 9.16. The highest BCUT2D eigenvalue weighted by atomic mass is 79.9. The zero-order valence-corrected chi connectivity index (χ0v) is 11.7. The quantitative estimate of drug-likeness (QED) is 0.858. The zero-order valence-electron chi connectivity index (χ0n) is 10.1. The topological polar surface area (TPSA) is 42.2 Å². The van der Waals surface area contributed by atoms with Gasteiger partial charge in [-0.05, 0) is 30.2 Å². The number of carbonyl (C=O) groups is 1. The number of rotatable bonds is 5. The third-order valence-electron chi connectivity index (χ3n) is 2.66. The second kappa shape index (κ2) is 6.52. The summed E-state index contributed by atoms with van der Waals surface area (Å²) in [5.41, 5.74) is 0.512. The molecule has 1 atom stereocenters. The van der Waals surface area contributed by atoms with Gasteiger partial charge in [-0.15, -0.1) is 0 Å². The molecule has 1 unspecified atom stereocenters. The van der Waals surface area contributed by atoms with Crippen LogP contribution >= 0.6 is 15.9 Å². The van der Waals surface area contributed by atoms with Gasteiger partial charge in [0.25, 0.3) is 0 Å². The third kappa shape index (κ3) is 3.92. The number of furan rings is 1. The molecule has 0 radical (unpaired) electrons. The van der Waals surface area contributed by atoms with Crippen molar-refractivity contribution in [2.24, 2.45) is 0 Å². The summed E-state index contributed by atoms with van der Waals surface area (Å²) < 4.78 is 18.6. The van der Waals surface area contributed by atoms with E-state index in [-0.39, 0.29) is 11.7 Å². The minimum atomic E-state index is -0.473. The lowest BCUT2D eigenvalue weighted by Gasteiger charge is -2.10. The Morgan fingerprint density at radius 1 is 1.32 bits per heavy atom. The summed E-state index contributed by atoms with van der Waals surface area (Å²) in [5.74, 6) is 0.185. The number of hydrogen-bond donors (Lipinski definition) is 1. The Morgan fingerprint density at radius 2 is 2.11 bits per heavy atom. The first-order valence-electron chi connectivity index (χ1n) is 5.84. The fourth-order valence-corrected chi connectivity index (χ4v) is 2.16. The van der Waals surface area contributed by atoms with E-state index in [9.17, 15) is 9.18 Å². The fourth-order valence-electron chi connectivity index (χ4n) is 1.65. The Balaban J connectivity index is 1.87. The Morgan fingerprint density at radius 3 is 2.79 bits per heavy atom. The number of hydrogen-bond acceptors (Lipinski definition) is 2. The van der Waals surface area contributed by atoms with Crippen LogP contribution in [0.15, 0.2) is 47.1 Å². The van der Waals surface area contributed by atoms with Crippen LogP contribution < -0.4 is 5.32 Å². The summed E-state index contributed by atoms with van der Waals surface area (Å²) in [6, 6.07) is 9.96. The van der Waals surface area contributed by atoms with Crippen molar-refractivity contribution in [3.05, 3.63) is 59.8 Å². The molecule has 2 aromatic rings. The third-order valence-corrected chi connectivity index (χ3v) is 3.40. The van der Waals surface area contributed by atoms with Crippen molar-refractivity contribution in [2.45, 2.75) is 17.8 Å². The molecule has 3 nitrogen and oxygen atoms in total. The molecule has 0 spiro atoms. The zero-order chi connectivity index (χ0) is 13.7. The van der Waals surface area contributed by atoms with Crippen LogP contribution in [0.1, 0.15) is 11.3 Å². The molecule has 0 fully saturated rings. The number of amides is 1. The second-order valence-corrected chi connectivity index (χ2v) is 5.17. The number of nitrogens with one attached hydrogen (secondary N) is 1. The van der Waals surface area contributed by atoms with E-state index in [1.807, 2.05) is 0 Å². The SMILES string of the molecule is O=C(NCc1ccco1)C(Br)Cc1ccccc1F. The molecule has 0 aliphatic heterocycles. The molecule has 0 saturated carbocycles. The minimum absolute atomic E-state index is 0.195. The molecule has 2 rings (SSSR count). The Bertz CT molecular complexity index is 542. The Labute approximate surface area is 118 Å². The van der Waals surface area contributed by atoms with Crippen LogP contribution in [0.4, 0.5) is 4.39 Å². The molecule has 0 aliphatic carbocycles. The summed E-state index contributed by atoms with van der Waals surface area (Å²) in [6.45, 7) is 0.325. The predicted molar refractivity (Wildman–Crippen MR) is 73.4 cm³/mol. The van der Waals surface area contributed by atoms with Gasteiger partial charge in [-0.3, -0.25) is 4.79 Å². The average Bonchev–Trinajstić information content (AvgIpc) is 2.91. The van der Waals surface area contributed by atoms with Crippen molar-refractivity contribution in [1.29, 1.82) is 0 Å². The van der Waals surface area contributed by atoms with Gasteiger partial charge in [-0.2, -0.15) is 0 Å². The lowest BCUT2D eigenvalue weighted by Crippen LogP contribution is -2.31. The predicted octanol–water partition coefficient (Wildman–Crippen LogP) is 3.04. The maximum atomic E-state index is 13.5. The molecule has 0 saturated heterocycles. The molecule has 5 heteroatoms. The van der Waals surface area contributed by atoms with E-state index in [0.29, 0.717) is 24.3 Å². The molecule has 1 heterocycles. The Hall–Kier alpha value is -1.62. The molecule has 1 aromatic heterocycles. The van der Waals surface area contributed by atoms with Gasteiger partial charge in [0.2, 0.25) is 5.91 Å². The van der Waals surface area contributed by atoms with Gasteiger partial charge in [0.15, 0.2) is 0 Å². The van der Waals surface area contributed by atoms with E-state index >= 15 is 0 Å². The minimum Gasteiger partial charge on any atom is -0.467 e. The summed E-state index contributed by atoms with van der Waals surface area (Å²) in [4.78, 5) is 11.4. The van der Waals surface area contributed by atoms with Crippen molar-refractivity contribution in [1.82, 2.24) is 5.32 Å². The van der Waals surface area contributed by atoms with Crippen LogP contribution in [-0.4, -0.2) is 10.7 Å². The smallest absolute Gasteiger partial charge is 0.234 e. The summed E-state index contributed by atoms with van der Waals surface area (Å²) in [6.07, 6.45) is 1.85. The summed E-state index contributed by atoms with van der Waals surface area (Å²) >= 11 is 3.27. The van der Waals surface area contributed by atoms with Crippen LogP contribution in [0.3, 0.4) is 0 Å². The van der Waals surface area contributed by atoms with Gasteiger partial charge in [0, 0.05) is 0 Å². The maximum Gasteiger partial charge on any atom is 0.234 e. The molecule has 1 N–H and O–H groups in total. The van der Waals surface area contributed by atoms with Crippen LogP contribution in [0.25, 0.3) is 0 Å². The first-order valence-corrected chi connectivity index (χ1v) is 6.76. The van der Waals surface area contributed by atoms with E-state index in [0.717, 1.165) is 0 Å². The van der Waals surface area contributed by atoms with Gasteiger partial charge >= 0.3 is 0 Å². The number of alkyl halides is 1. The van der Waals surface area contributed by atoms with E-state index in [1.165, 1.54) is 6.07 Å². The van der Waals surface area contributed by atoms with E-state index in [4.69, 9.17) is 4.42 Å². The van der Waals surface area contributed by atoms with Gasteiger partial charge in [-0.1, -0.05) is 34.1 Å². The van der Waals surface area contributed by atoms with Crippen molar-refractivity contribution in [3.8, 4) is 0 Å². The van der Waals surface area contributed by atoms with E-state index in [1.54, 1.807) is 36.6 Å². The van der Waals surface area contributed by atoms with Crippen molar-refractivity contribution < 1.29 is 13.6 Å². The summed E-state index contributed by atoms with van der Waals surface area (Å²) in [5, 5.41) is 2.72. The standard InChI is InChI=1S/C14H13BrFNO2/c15-12(8-10-4-1-2-6-13(10)16)14(18)17-9-11-5-3-7-19-11/h1-7,12H,8-9H2,(H,17,18).